The van der Waals surface area contributed by atoms with Crippen molar-refractivity contribution in [2.75, 3.05) is 31.6 Å². The maximum Gasteiger partial charge on any atom is 0.165 e. The summed E-state index contributed by atoms with van der Waals surface area (Å²) in [6.45, 7) is 16.4. The van der Waals surface area contributed by atoms with Crippen LogP contribution >= 0.6 is 0 Å². The minimum atomic E-state index is -1.25. The highest BCUT2D eigenvalue weighted by Gasteiger charge is 2.36. The molecule has 7 nitrogen and oxygen atoms in total. The lowest BCUT2D eigenvalue weighted by molar-refractivity contribution is 0.0942. The number of nitrogens with zero attached hydrogens (tertiary/aromatic N) is 5. The average Bonchev–Trinajstić information content (AvgIpc) is 3.61. The first-order valence-corrected chi connectivity index (χ1v) is 25.0. The number of halogens is 2. The Hall–Kier alpha value is -3.00. The molecule has 0 radical (unpaired) electrons. The topological polar surface area (TPSA) is 64.8 Å². The third-order valence-electron chi connectivity index (χ3n) is 9.88. The van der Waals surface area contributed by atoms with Gasteiger partial charge in [-0.15, -0.1) is 0 Å². The summed E-state index contributed by atoms with van der Waals surface area (Å²) in [5.41, 5.74) is 3.55. The van der Waals surface area contributed by atoms with E-state index < -0.39 is 27.8 Å². The van der Waals surface area contributed by atoms with Crippen LogP contribution in [0.4, 0.5) is 14.6 Å². The molecular formula is C37H51F2N5O2Si2. The van der Waals surface area contributed by atoms with Crippen LogP contribution in [0.2, 0.25) is 51.4 Å². The molecule has 2 saturated carbocycles. The SMILES string of the molecule is C[Si](C)(C)CCOCN(COCC[Si](C)(C)C)c1cc(C2CC3CCC(C3)C2)nc2c(-c3ccc(-c4c(F)cccc4F)nc3)cnn12. The fourth-order valence-electron chi connectivity index (χ4n) is 7.07. The van der Waals surface area contributed by atoms with Crippen molar-refractivity contribution in [3.05, 3.63) is 66.1 Å². The van der Waals surface area contributed by atoms with Crippen molar-refractivity contribution >= 4 is 27.6 Å². The van der Waals surface area contributed by atoms with Crippen molar-refractivity contribution in [2.24, 2.45) is 11.8 Å². The van der Waals surface area contributed by atoms with Gasteiger partial charge in [-0.05, 0) is 61.4 Å². The minimum absolute atomic E-state index is 0.127. The van der Waals surface area contributed by atoms with Crippen LogP contribution in [-0.2, 0) is 9.47 Å². The third kappa shape index (κ3) is 8.41. The molecule has 2 aliphatic carbocycles. The Labute approximate surface area is 286 Å². The normalized spacial score (nSPS) is 19.7. The molecule has 0 spiro atoms. The molecule has 2 unspecified atom stereocenters. The lowest BCUT2D eigenvalue weighted by Crippen LogP contribution is -2.33. The number of rotatable bonds is 14. The predicted molar refractivity (Wildman–Crippen MR) is 195 cm³/mol. The Kier molecular flexibility index (Phi) is 10.5. The molecular weight excluding hydrogens is 641 g/mol. The monoisotopic (exact) mass is 691 g/mol. The molecule has 2 bridgehead atoms. The van der Waals surface area contributed by atoms with Crippen molar-refractivity contribution in [3.63, 3.8) is 0 Å². The summed E-state index contributed by atoms with van der Waals surface area (Å²) in [5, 5.41) is 4.86. The summed E-state index contributed by atoms with van der Waals surface area (Å²) >= 11 is 0. The molecule has 0 saturated heterocycles. The summed E-state index contributed by atoms with van der Waals surface area (Å²) in [7, 11) is -2.51. The lowest BCUT2D eigenvalue weighted by Gasteiger charge is -2.30. The zero-order chi connectivity index (χ0) is 34.1. The molecule has 258 valence electrons. The highest BCUT2D eigenvalue weighted by Crippen LogP contribution is 2.48. The zero-order valence-electron chi connectivity index (χ0n) is 29.4. The number of hydrogen-bond donors (Lipinski definition) is 0. The number of pyridine rings is 1. The molecule has 3 aromatic heterocycles. The molecule has 6 rings (SSSR count). The first-order chi connectivity index (χ1) is 22.8. The van der Waals surface area contributed by atoms with Gasteiger partial charge in [-0.25, -0.2) is 13.8 Å². The Morgan fingerprint density at radius 1 is 0.833 bits per heavy atom. The van der Waals surface area contributed by atoms with E-state index in [1.165, 1.54) is 37.5 Å². The van der Waals surface area contributed by atoms with E-state index in [9.17, 15) is 8.78 Å². The smallest absolute Gasteiger partial charge is 0.165 e. The molecule has 11 heteroatoms. The number of benzene rings is 1. The van der Waals surface area contributed by atoms with Crippen LogP contribution in [0, 0.1) is 23.5 Å². The molecule has 2 aliphatic rings. The fourth-order valence-corrected chi connectivity index (χ4v) is 8.59. The standard InChI is InChI=1S/C37H51F2N5O2Si2/c1-47(2,3)16-14-45-24-43(25-46-15-17-48(4,5)6)35-21-34(29-19-26-10-11-27(18-26)20-29)42-37-30(23-41-44(35)37)28-12-13-33(40-22-28)36-31(38)8-7-9-32(36)39/h7-9,12-13,21-23,26-27,29H,10-11,14-20,24-25H2,1-6H3. The molecule has 3 heterocycles. The van der Waals surface area contributed by atoms with Crippen molar-refractivity contribution in [2.45, 2.75) is 89.4 Å². The van der Waals surface area contributed by atoms with E-state index in [2.05, 4.69) is 55.2 Å². The predicted octanol–water partition coefficient (Wildman–Crippen LogP) is 9.46. The summed E-state index contributed by atoms with van der Waals surface area (Å²) < 4.78 is 43.6. The molecule has 0 amide bonds. The molecule has 0 aliphatic heterocycles. The van der Waals surface area contributed by atoms with E-state index in [4.69, 9.17) is 19.6 Å². The van der Waals surface area contributed by atoms with E-state index >= 15 is 0 Å². The largest absolute Gasteiger partial charge is 0.361 e. The van der Waals surface area contributed by atoms with E-state index in [-0.39, 0.29) is 11.3 Å². The van der Waals surface area contributed by atoms with Gasteiger partial charge in [0.1, 0.15) is 30.9 Å². The fraction of sp³-hybridized carbons (Fsp3) is 0.541. The number of fused-ring (bicyclic) bond motifs is 3. The van der Waals surface area contributed by atoms with Crippen molar-refractivity contribution in [1.29, 1.82) is 0 Å². The van der Waals surface area contributed by atoms with Gasteiger partial charge in [0.25, 0.3) is 0 Å². The van der Waals surface area contributed by atoms with Gasteiger partial charge in [-0.3, -0.25) is 4.98 Å². The van der Waals surface area contributed by atoms with Gasteiger partial charge >= 0.3 is 0 Å². The van der Waals surface area contributed by atoms with E-state index in [1.807, 2.05) is 16.8 Å². The van der Waals surface area contributed by atoms with Crippen LogP contribution in [-0.4, -0.2) is 62.4 Å². The second-order valence-corrected chi connectivity index (χ2v) is 27.6. The first-order valence-electron chi connectivity index (χ1n) is 17.5. The van der Waals surface area contributed by atoms with Crippen LogP contribution in [0.3, 0.4) is 0 Å². The van der Waals surface area contributed by atoms with Crippen molar-refractivity contribution in [1.82, 2.24) is 19.6 Å². The highest BCUT2D eigenvalue weighted by atomic mass is 28.3. The average molecular weight is 692 g/mol. The zero-order valence-corrected chi connectivity index (χ0v) is 31.4. The Bertz CT molecular complexity index is 1650. The summed E-state index contributed by atoms with van der Waals surface area (Å²) in [4.78, 5) is 11.9. The Morgan fingerprint density at radius 2 is 1.46 bits per heavy atom. The van der Waals surface area contributed by atoms with Gasteiger partial charge in [-0.2, -0.15) is 9.61 Å². The Balaban J connectivity index is 1.37. The molecule has 0 N–H and O–H groups in total. The van der Waals surface area contributed by atoms with Gasteiger partial charge in [0.15, 0.2) is 5.65 Å². The maximum atomic E-state index is 14.5. The van der Waals surface area contributed by atoms with Crippen LogP contribution in [0.15, 0.2) is 48.8 Å². The van der Waals surface area contributed by atoms with Gasteiger partial charge < -0.3 is 14.4 Å². The summed E-state index contributed by atoms with van der Waals surface area (Å²) in [6.07, 6.45) is 9.76. The number of hydrogen-bond acceptors (Lipinski definition) is 6. The van der Waals surface area contributed by atoms with Crippen LogP contribution in [0.1, 0.15) is 43.7 Å². The number of anilines is 1. The Morgan fingerprint density at radius 3 is 2.02 bits per heavy atom. The lowest BCUT2D eigenvalue weighted by atomic mass is 9.79. The van der Waals surface area contributed by atoms with Crippen LogP contribution in [0.5, 0.6) is 0 Å². The minimum Gasteiger partial charge on any atom is -0.361 e. The first kappa shape index (κ1) is 34.9. The van der Waals surface area contributed by atoms with Gasteiger partial charge in [0.2, 0.25) is 0 Å². The second kappa shape index (κ2) is 14.5. The van der Waals surface area contributed by atoms with Crippen LogP contribution in [0.25, 0.3) is 28.0 Å². The molecule has 4 aromatic rings. The van der Waals surface area contributed by atoms with Gasteiger partial charge in [0.05, 0.1) is 17.5 Å². The molecule has 48 heavy (non-hydrogen) atoms. The quantitative estimate of drug-likeness (QED) is 0.0746. The number of ether oxygens (including phenoxy) is 2. The van der Waals surface area contributed by atoms with E-state index in [0.717, 1.165) is 65.1 Å². The highest BCUT2D eigenvalue weighted by molar-refractivity contribution is 6.76. The van der Waals surface area contributed by atoms with Crippen LogP contribution < -0.4 is 4.90 Å². The van der Waals surface area contributed by atoms with E-state index in [1.54, 1.807) is 12.3 Å². The third-order valence-corrected chi connectivity index (χ3v) is 13.3. The maximum absolute atomic E-state index is 14.5. The van der Waals surface area contributed by atoms with Gasteiger partial charge in [-0.1, -0.05) is 64.3 Å². The van der Waals surface area contributed by atoms with E-state index in [0.29, 0.717) is 32.6 Å². The number of aromatic nitrogens is 4. The molecule has 1 aromatic carbocycles. The molecule has 2 fully saturated rings. The van der Waals surface area contributed by atoms with Gasteiger partial charge in [0, 0.05) is 64.4 Å². The van der Waals surface area contributed by atoms with Crippen molar-refractivity contribution in [3.8, 4) is 22.4 Å². The summed E-state index contributed by atoms with van der Waals surface area (Å²) in [5.74, 6) is 1.54. The molecule has 2 atom stereocenters. The second-order valence-electron chi connectivity index (χ2n) is 16.3. The van der Waals surface area contributed by atoms with Crippen molar-refractivity contribution < 1.29 is 18.3 Å². The summed E-state index contributed by atoms with van der Waals surface area (Å²) in [6, 6.07) is 11.8.